The van der Waals surface area contributed by atoms with E-state index in [0.29, 0.717) is 19.0 Å². The molecule has 1 aliphatic carbocycles. The monoisotopic (exact) mass is 267 g/mol. The van der Waals surface area contributed by atoms with Gasteiger partial charge in [-0.1, -0.05) is 18.2 Å². The van der Waals surface area contributed by atoms with E-state index in [9.17, 15) is 4.79 Å². The van der Waals surface area contributed by atoms with Crippen LogP contribution in [0.5, 0.6) is 0 Å². The fraction of sp³-hybridized carbons (Fsp3) is 0.375. The third-order valence-electron chi connectivity index (χ3n) is 4.53. The molecule has 1 aliphatic heterocycles. The molecule has 2 aliphatic rings. The van der Waals surface area contributed by atoms with E-state index in [4.69, 9.17) is 5.73 Å². The van der Waals surface area contributed by atoms with Gasteiger partial charge in [0.2, 0.25) is 0 Å². The molecule has 0 radical (unpaired) electrons. The minimum atomic E-state index is -0.126. The van der Waals surface area contributed by atoms with Crippen LogP contribution in [0.2, 0.25) is 0 Å². The molecular weight excluding hydrogens is 250 g/mol. The molecule has 4 nitrogen and oxygen atoms in total. The van der Waals surface area contributed by atoms with Gasteiger partial charge in [-0.2, -0.15) is 0 Å². The molecule has 102 valence electrons. The van der Waals surface area contributed by atoms with E-state index < -0.39 is 0 Å². The molecule has 4 heteroatoms. The van der Waals surface area contributed by atoms with Crippen molar-refractivity contribution in [2.24, 2.45) is 11.7 Å². The number of benzene rings is 1. The van der Waals surface area contributed by atoms with Crippen LogP contribution in [-0.2, 0) is 0 Å². The number of nitrogens with zero attached hydrogens (tertiary/aromatic N) is 2. The Balaban J connectivity index is 1.62. The van der Waals surface area contributed by atoms with Crippen molar-refractivity contribution in [2.45, 2.75) is 18.4 Å². The Hall–Kier alpha value is -1.94. The average Bonchev–Trinajstić information content (AvgIpc) is 3.27. The molecule has 2 heterocycles. The van der Waals surface area contributed by atoms with Crippen molar-refractivity contribution >= 4 is 16.8 Å². The quantitative estimate of drug-likeness (QED) is 0.902. The van der Waals surface area contributed by atoms with Crippen molar-refractivity contribution in [1.82, 2.24) is 9.88 Å². The molecule has 1 aromatic heterocycles. The number of carbonyl (C=O) groups is 1. The van der Waals surface area contributed by atoms with Crippen LogP contribution in [0, 0.1) is 5.92 Å². The largest absolute Gasteiger partial charge is 0.335 e. The van der Waals surface area contributed by atoms with Crippen molar-refractivity contribution in [3.63, 3.8) is 0 Å². The first-order valence-corrected chi connectivity index (χ1v) is 7.09. The number of nitrogens with two attached hydrogens (primary N) is 1. The minimum absolute atomic E-state index is 0.0744. The number of aromatic nitrogens is 1. The highest BCUT2D eigenvalue weighted by atomic mass is 16.2. The molecule has 2 N–H and O–H groups in total. The number of likely N-dealkylation sites (tertiary alicyclic amines) is 1. The van der Waals surface area contributed by atoms with Gasteiger partial charge in [-0.15, -0.1) is 0 Å². The molecule has 20 heavy (non-hydrogen) atoms. The van der Waals surface area contributed by atoms with E-state index in [0.717, 1.165) is 16.5 Å². The van der Waals surface area contributed by atoms with Gasteiger partial charge in [-0.05, 0) is 30.9 Å². The van der Waals surface area contributed by atoms with E-state index in [1.165, 1.54) is 12.8 Å². The molecule has 1 saturated carbocycles. The first-order chi connectivity index (χ1) is 9.67. The van der Waals surface area contributed by atoms with E-state index in [1.807, 2.05) is 29.2 Å². The van der Waals surface area contributed by atoms with Crippen molar-refractivity contribution in [3.8, 4) is 0 Å². The number of rotatable bonds is 2. The molecule has 0 spiro atoms. The predicted molar refractivity (Wildman–Crippen MR) is 77.3 cm³/mol. The number of carbonyl (C=O) groups excluding carboxylic acids is 1. The van der Waals surface area contributed by atoms with Crippen LogP contribution in [0.4, 0.5) is 0 Å². The Bertz CT molecular complexity index is 682. The van der Waals surface area contributed by atoms with Gasteiger partial charge in [0.15, 0.2) is 0 Å². The molecule has 0 bridgehead atoms. The van der Waals surface area contributed by atoms with E-state index in [1.54, 1.807) is 12.3 Å². The van der Waals surface area contributed by atoms with Crippen LogP contribution in [0.1, 0.15) is 23.2 Å². The Morgan fingerprint density at radius 2 is 2.00 bits per heavy atom. The maximum atomic E-state index is 12.6. The number of fused-ring (bicyclic) bond motifs is 1. The number of pyridine rings is 1. The second-order valence-corrected chi connectivity index (χ2v) is 6.04. The second-order valence-electron chi connectivity index (χ2n) is 6.04. The summed E-state index contributed by atoms with van der Waals surface area (Å²) in [4.78, 5) is 18.8. The summed E-state index contributed by atoms with van der Waals surface area (Å²) < 4.78 is 0. The molecule has 2 aromatic rings. The van der Waals surface area contributed by atoms with Gasteiger partial charge >= 0.3 is 0 Å². The summed E-state index contributed by atoms with van der Waals surface area (Å²) in [6, 6.07) is 9.56. The zero-order valence-corrected chi connectivity index (χ0v) is 11.2. The lowest BCUT2D eigenvalue weighted by Gasteiger charge is -2.48. The Morgan fingerprint density at radius 1 is 1.25 bits per heavy atom. The van der Waals surface area contributed by atoms with Crippen LogP contribution in [0.15, 0.2) is 36.5 Å². The first-order valence-electron chi connectivity index (χ1n) is 7.09. The molecule has 0 atom stereocenters. The molecule has 0 unspecified atom stereocenters. The Labute approximate surface area is 117 Å². The summed E-state index contributed by atoms with van der Waals surface area (Å²) >= 11 is 0. The van der Waals surface area contributed by atoms with Crippen LogP contribution in [0.3, 0.4) is 0 Å². The van der Waals surface area contributed by atoms with Crippen molar-refractivity contribution in [3.05, 3.63) is 42.1 Å². The van der Waals surface area contributed by atoms with Gasteiger partial charge in [0.25, 0.3) is 5.91 Å². The minimum Gasteiger partial charge on any atom is -0.335 e. The summed E-state index contributed by atoms with van der Waals surface area (Å²) in [7, 11) is 0. The molecule has 4 rings (SSSR count). The average molecular weight is 267 g/mol. The fourth-order valence-corrected chi connectivity index (χ4v) is 3.18. The lowest BCUT2D eigenvalue weighted by atomic mass is 9.85. The van der Waals surface area contributed by atoms with E-state index >= 15 is 0 Å². The van der Waals surface area contributed by atoms with Crippen LogP contribution in [0.25, 0.3) is 10.9 Å². The number of amides is 1. The normalized spacial score (nSPS) is 20.8. The zero-order valence-electron chi connectivity index (χ0n) is 11.2. The molecular formula is C16H17N3O. The highest BCUT2D eigenvalue weighted by Crippen LogP contribution is 2.43. The number of para-hydroxylation sites is 1. The third kappa shape index (κ3) is 1.72. The van der Waals surface area contributed by atoms with Crippen LogP contribution in [-0.4, -0.2) is 34.4 Å². The molecule has 1 saturated heterocycles. The third-order valence-corrected chi connectivity index (χ3v) is 4.53. The van der Waals surface area contributed by atoms with Crippen LogP contribution >= 0.6 is 0 Å². The molecule has 1 aromatic carbocycles. The second kappa shape index (κ2) is 4.03. The van der Waals surface area contributed by atoms with Gasteiger partial charge in [0, 0.05) is 24.7 Å². The Morgan fingerprint density at radius 3 is 2.75 bits per heavy atom. The van der Waals surface area contributed by atoms with E-state index in [2.05, 4.69) is 4.98 Å². The van der Waals surface area contributed by atoms with E-state index in [-0.39, 0.29) is 11.4 Å². The summed E-state index contributed by atoms with van der Waals surface area (Å²) in [6.45, 7) is 1.38. The standard InChI is InChI=1S/C16H17N3O/c17-16(11-5-6-11)9-19(10-16)15(20)13-7-8-18-14-4-2-1-3-12(13)14/h1-4,7-8,11H,5-6,9-10,17H2. The van der Waals surface area contributed by atoms with Gasteiger partial charge in [-0.3, -0.25) is 9.78 Å². The van der Waals surface area contributed by atoms with Gasteiger partial charge < -0.3 is 10.6 Å². The maximum absolute atomic E-state index is 12.6. The maximum Gasteiger partial charge on any atom is 0.254 e. The fourth-order valence-electron chi connectivity index (χ4n) is 3.18. The summed E-state index contributed by atoms with van der Waals surface area (Å²) in [5.74, 6) is 0.700. The SMILES string of the molecule is NC1(C2CC2)CN(C(=O)c2ccnc3ccccc23)C1. The van der Waals surface area contributed by atoms with Crippen molar-refractivity contribution in [1.29, 1.82) is 0 Å². The van der Waals surface area contributed by atoms with Gasteiger partial charge in [0.1, 0.15) is 0 Å². The topological polar surface area (TPSA) is 59.2 Å². The lowest BCUT2D eigenvalue weighted by molar-refractivity contribution is 0.0352. The summed E-state index contributed by atoms with van der Waals surface area (Å²) in [5.41, 5.74) is 7.79. The lowest BCUT2D eigenvalue weighted by Crippen LogP contribution is -2.69. The smallest absolute Gasteiger partial charge is 0.254 e. The summed E-state index contributed by atoms with van der Waals surface area (Å²) in [6.07, 6.45) is 4.14. The van der Waals surface area contributed by atoms with Gasteiger partial charge in [-0.25, -0.2) is 0 Å². The summed E-state index contributed by atoms with van der Waals surface area (Å²) in [5, 5.41) is 0.918. The van der Waals surface area contributed by atoms with Crippen molar-refractivity contribution in [2.75, 3.05) is 13.1 Å². The number of hydrogen-bond donors (Lipinski definition) is 1. The Kier molecular flexibility index (Phi) is 2.39. The molecule has 1 amide bonds. The zero-order chi connectivity index (χ0) is 13.7. The van der Waals surface area contributed by atoms with Crippen molar-refractivity contribution < 1.29 is 4.79 Å². The first kappa shape index (κ1) is 11.9. The van der Waals surface area contributed by atoms with Gasteiger partial charge in [0.05, 0.1) is 16.6 Å². The highest BCUT2D eigenvalue weighted by molar-refractivity contribution is 6.06. The number of hydrogen-bond acceptors (Lipinski definition) is 3. The highest BCUT2D eigenvalue weighted by Gasteiger charge is 2.51. The molecule has 2 fully saturated rings. The van der Waals surface area contributed by atoms with Crippen LogP contribution < -0.4 is 5.73 Å². The predicted octanol–water partition coefficient (Wildman–Crippen LogP) is 1.80.